The fraction of sp³-hybridized carbons (Fsp3) is 0.300. The summed E-state index contributed by atoms with van der Waals surface area (Å²) >= 11 is 0. The third-order valence-electron chi connectivity index (χ3n) is 4.57. The fourth-order valence-corrected chi connectivity index (χ4v) is 2.79. The van der Waals surface area contributed by atoms with Gasteiger partial charge in [0, 0.05) is 18.3 Å². The lowest BCUT2D eigenvalue weighted by molar-refractivity contribution is 0.207. The van der Waals surface area contributed by atoms with E-state index in [0.29, 0.717) is 19.2 Å². The Labute approximate surface area is 163 Å². The van der Waals surface area contributed by atoms with Gasteiger partial charge < -0.3 is 15.0 Å². The van der Waals surface area contributed by atoms with Crippen LogP contribution in [-0.4, -0.2) is 51.3 Å². The quantitative estimate of drug-likeness (QED) is 0.682. The van der Waals surface area contributed by atoms with Gasteiger partial charge in [-0.15, -0.1) is 5.10 Å². The smallest absolute Gasteiger partial charge is 0.321 e. The highest BCUT2D eigenvalue weighted by molar-refractivity contribution is 5.89. The first-order valence-electron chi connectivity index (χ1n) is 9.29. The number of aromatic nitrogens is 4. The summed E-state index contributed by atoms with van der Waals surface area (Å²) in [5.74, 6) is 1.55. The van der Waals surface area contributed by atoms with Crippen LogP contribution in [0.2, 0.25) is 0 Å². The Bertz CT molecular complexity index is 921. The molecule has 4 rings (SSSR count). The van der Waals surface area contributed by atoms with Crippen LogP contribution >= 0.6 is 0 Å². The Morgan fingerprint density at radius 3 is 2.64 bits per heavy atom. The monoisotopic (exact) mass is 378 g/mol. The number of para-hydroxylation sites is 1. The van der Waals surface area contributed by atoms with E-state index in [2.05, 4.69) is 20.8 Å². The van der Waals surface area contributed by atoms with Crippen molar-refractivity contribution in [3.63, 3.8) is 0 Å². The second-order valence-electron chi connectivity index (χ2n) is 6.77. The number of anilines is 1. The molecule has 0 bridgehead atoms. The van der Waals surface area contributed by atoms with Gasteiger partial charge in [-0.3, -0.25) is 0 Å². The van der Waals surface area contributed by atoms with Crippen molar-refractivity contribution >= 4 is 11.7 Å². The first-order chi connectivity index (χ1) is 13.7. The molecule has 0 spiro atoms. The maximum atomic E-state index is 12.3. The summed E-state index contributed by atoms with van der Waals surface area (Å²) in [5.41, 5.74) is 1.65. The van der Waals surface area contributed by atoms with Gasteiger partial charge in [-0.05, 0) is 59.7 Å². The molecule has 3 aromatic rings. The standard InChI is InChI=1S/C20H22N6O2/c1-25(13-14-28-18-5-3-2-4-6-18)20(27)21-16-9-7-15(8-10-16)19-22-23-24-26(19)17-11-12-17/h2-10,17H,11-14H2,1H3,(H,21,27). The van der Waals surface area contributed by atoms with E-state index < -0.39 is 0 Å². The number of carbonyl (C=O) groups is 1. The van der Waals surface area contributed by atoms with Crippen LogP contribution in [0.25, 0.3) is 11.4 Å². The van der Waals surface area contributed by atoms with Gasteiger partial charge in [-0.1, -0.05) is 18.2 Å². The minimum Gasteiger partial charge on any atom is -0.492 e. The second-order valence-corrected chi connectivity index (χ2v) is 6.77. The van der Waals surface area contributed by atoms with Crippen molar-refractivity contribution in [3.8, 4) is 17.1 Å². The number of carbonyl (C=O) groups excluding carboxylic acids is 1. The molecule has 1 heterocycles. The SMILES string of the molecule is CN(CCOc1ccccc1)C(=O)Nc1ccc(-c2nnnn2C2CC2)cc1. The maximum absolute atomic E-state index is 12.3. The summed E-state index contributed by atoms with van der Waals surface area (Å²) in [6.45, 7) is 0.908. The number of amides is 2. The molecule has 1 aliphatic rings. The van der Waals surface area contributed by atoms with Crippen molar-refractivity contribution < 1.29 is 9.53 Å². The van der Waals surface area contributed by atoms with Crippen LogP contribution in [-0.2, 0) is 0 Å². The molecular formula is C20H22N6O2. The topological polar surface area (TPSA) is 85.2 Å². The van der Waals surface area contributed by atoms with Gasteiger partial charge in [-0.2, -0.15) is 0 Å². The number of likely N-dealkylation sites (N-methyl/N-ethyl adjacent to an activating group) is 1. The number of benzene rings is 2. The molecule has 1 fully saturated rings. The highest BCUT2D eigenvalue weighted by atomic mass is 16.5. The number of nitrogens with zero attached hydrogens (tertiary/aromatic N) is 5. The molecule has 0 aliphatic heterocycles. The molecule has 1 saturated carbocycles. The highest BCUT2D eigenvalue weighted by Gasteiger charge is 2.28. The van der Waals surface area contributed by atoms with E-state index in [0.717, 1.165) is 35.7 Å². The third kappa shape index (κ3) is 4.28. The van der Waals surface area contributed by atoms with Gasteiger partial charge in [0.05, 0.1) is 12.6 Å². The van der Waals surface area contributed by atoms with E-state index in [1.165, 1.54) is 0 Å². The molecule has 2 aromatic carbocycles. The van der Waals surface area contributed by atoms with Crippen molar-refractivity contribution in [2.24, 2.45) is 0 Å². The largest absolute Gasteiger partial charge is 0.492 e. The van der Waals surface area contributed by atoms with Gasteiger partial charge in [0.1, 0.15) is 12.4 Å². The fourth-order valence-electron chi connectivity index (χ4n) is 2.79. The molecule has 8 nitrogen and oxygen atoms in total. The molecule has 0 atom stereocenters. The average Bonchev–Trinajstić information content (AvgIpc) is 3.46. The predicted molar refractivity (Wildman–Crippen MR) is 105 cm³/mol. The molecule has 0 radical (unpaired) electrons. The number of hydrogen-bond acceptors (Lipinski definition) is 5. The molecule has 0 unspecified atom stereocenters. The molecule has 28 heavy (non-hydrogen) atoms. The summed E-state index contributed by atoms with van der Waals surface area (Å²) in [7, 11) is 1.74. The van der Waals surface area contributed by atoms with Crippen LogP contribution in [0.3, 0.4) is 0 Å². The Hall–Kier alpha value is -3.42. The summed E-state index contributed by atoms with van der Waals surface area (Å²) < 4.78 is 7.50. The Kier molecular flexibility index (Phi) is 5.18. The number of rotatable bonds is 7. The van der Waals surface area contributed by atoms with Crippen LogP contribution in [0.4, 0.5) is 10.5 Å². The van der Waals surface area contributed by atoms with E-state index in [1.807, 2.05) is 59.3 Å². The Morgan fingerprint density at radius 2 is 1.93 bits per heavy atom. The van der Waals surface area contributed by atoms with Crippen molar-refractivity contribution in [2.45, 2.75) is 18.9 Å². The van der Waals surface area contributed by atoms with Crippen molar-refractivity contribution in [3.05, 3.63) is 54.6 Å². The van der Waals surface area contributed by atoms with Crippen LogP contribution in [0.15, 0.2) is 54.6 Å². The van der Waals surface area contributed by atoms with Crippen LogP contribution in [0.5, 0.6) is 5.75 Å². The molecular weight excluding hydrogens is 356 g/mol. The Morgan fingerprint density at radius 1 is 1.18 bits per heavy atom. The lowest BCUT2D eigenvalue weighted by atomic mass is 10.2. The molecule has 0 saturated heterocycles. The molecule has 8 heteroatoms. The number of ether oxygens (including phenoxy) is 1. The molecule has 2 amide bonds. The summed E-state index contributed by atoms with van der Waals surface area (Å²) in [4.78, 5) is 13.9. The molecule has 1 aliphatic carbocycles. The first kappa shape index (κ1) is 18.0. The second kappa shape index (κ2) is 8.08. The van der Waals surface area contributed by atoms with Crippen LogP contribution in [0.1, 0.15) is 18.9 Å². The molecule has 1 aromatic heterocycles. The van der Waals surface area contributed by atoms with Crippen LogP contribution < -0.4 is 10.1 Å². The van der Waals surface area contributed by atoms with Gasteiger partial charge in [0.15, 0.2) is 5.82 Å². The van der Waals surface area contributed by atoms with Crippen molar-refractivity contribution in [2.75, 3.05) is 25.5 Å². The van der Waals surface area contributed by atoms with Gasteiger partial charge in [0.2, 0.25) is 0 Å². The van der Waals surface area contributed by atoms with Gasteiger partial charge in [0.25, 0.3) is 0 Å². The zero-order valence-electron chi connectivity index (χ0n) is 15.7. The minimum atomic E-state index is -0.188. The van der Waals surface area contributed by atoms with E-state index in [4.69, 9.17) is 4.74 Å². The van der Waals surface area contributed by atoms with Crippen molar-refractivity contribution in [1.29, 1.82) is 0 Å². The summed E-state index contributed by atoms with van der Waals surface area (Å²) in [5, 5.41) is 14.8. The highest BCUT2D eigenvalue weighted by Crippen LogP contribution is 2.36. The number of nitrogens with one attached hydrogen (secondary N) is 1. The number of urea groups is 1. The van der Waals surface area contributed by atoms with Gasteiger partial charge >= 0.3 is 6.03 Å². The van der Waals surface area contributed by atoms with E-state index in [1.54, 1.807) is 11.9 Å². The zero-order valence-corrected chi connectivity index (χ0v) is 15.7. The number of tetrazole rings is 1. The van der Waals surface area contributed by atoms with Crippen LogP contribution in [0, 0.1) is 0 Å². The maximum Gasteiger partial charge on any atom is 0.321 e. The predicted octanol–water partition coefficient (Wildman–Crippen LogP) is 3.22. The average molecular weight is 378 g/mol. The molecule has 1 N–H and O–H groups in total. The third-order valence-corrected chi connectivity index (χ3v) is 4.57. The van der Waals surface area contributed by atoms with E-state index in [-0.39, 0.29) is 6.03 Å². The molecule has 144 valence electrons. The van der Waals surface area contributed by atoms with E-state index >= 15 is 0 Å². The lowest BCUT2D eigenvalue weighted by Gasteiger charge is -2.18. The van der Waals surface area contributed by atoms with E-state index in [9.17, 15) is 4.79 Å². The zero-order chi connectivity index (χ0) is 19.3. The normalized spacial score (nSPS) is 13.2. The first-order valence-corrected chi connectivity index (χ1v) is 9.29. The minimum absolute atomic E-state index is 0.188. The number of hydrogen-bond donors (Lipinski definition) is 1. The van der Waals surface area contributed by atoms with Crippen molar-refractivity contribution in [1.82, 2.24) is 25.1 Å². The lowest BCUT2D eigenvalue weighted by Crippen LogP contribution is -2.34. The summed E-state index contributed by atoms with van der Waals surface area (Å²) in [6.07, 6.45) is 2.24. The Balaban J connectivity index is 1.29. The summed E-state index contributed by atoms with van der Waals surface area (Å²) in [6, 6.07) is 17.3. The van der Waals surface area contributed by atoms with Gasteiger partial charge in [-0.25, -0.2) is 9.48 Å².